The van der Waals surface area contributed by atoms with Crippen molar-refractivity contribution in [2.45, 2.75) is 62.7 Å². The van der Waals surface area contributed by atoms with Crippen LogP contribution in [0.4, 0.5) is 0 Å². The van der Waals surface area contributed by atoms with Gasteiger partial charge in [-0.15, -0.1) is 0 Å². The molecule has 4 atom stereocenters. The Kier molecular flexibility index (Phi) is 14.3. The maximum Gasteiger partial charge on any atom is 0.326 e. The molecule has 0 aromatic heterocycles. The van der Waals surface area contributed by atoms with E-state index < -0.39 is 85.0 Å². The molecule has 18 heteroatoms. The molecule has 37 heavy (non-hydrogen) atoms. The van der Waals surface area contributed by atoms with Gasteiger partial charge in [0.15, 0.2) is 5.96 Å². The normalized spacial score (nSPS) is 13.6. The molecule has 0 aliphatic heterocycles. The topological polar surface area (TPSA) is 333 Å². The number of aliphatic imine (C=N–C) groups is 1. The van der Waals surface area contributed by atoms with E-state index in [9.17, 15) is 33.6 Å². The number of guanidine groups is 1. The van der Waals surface area contributed by atoms with Crippen molar-refractivity contribution in [2.75, 3.05) is 6.54 Å². The van der Waals surface area contributed by atoms with Gasteiger partial charge in [0.1, 0.15) is 18.1 Å². The van der Waals surface area contributed by atoms with Crippen molar-refractivity contribution < 1.29 is 48.9 Å². The zero-order valence-electron chi connectivity index (χ0n) is 19.7. The van der Waals surface area contributed by atoms with E-state index in [1.807, 2.05) is 5.32 Å². The second-order valence-electron chi connectivity index (χ2n) is 7.78. The predicted octanol–water partition coefficient (Wildman–Crippen LogP) is -4.88. The average molecular weight is 533 g/mol. The number of nitrogens with two attached hydrogens (primary N) is 4. The third-order valence-electron chi connectivity index (χ3n) is 4.62. The van der Waals surface area contributed by atoms with E-state index in [1.54, 1.807) is 0 Å². The largest absolute Gasteiger partial charge is 0.481 e. The van der Waals surface area contributed by atoms with Crippen LogP contribution in [0.15, 0.2) is 4.99 Å². The molecule has 0 rings (SSSR count). The Balaban J connectivity index is 5.65. The summed E-state index contributed by atoms with van der Waals surface area (Å²) >= 11 is 0. The Hall–Kier alpha value is -4.48. The highest BCUT2D eigenvalue weighted by atomic mass is 16.4. The van der Waals surface area contributed by atoms with Crippen molar-refractivity contribution in [3.63, 3.8) is 0 Å². The van der Waals surface area contributed by atoms with Crippen molar-refractivity contribution >= 4 is 47.5 Å². The number of carboxylic acids is 3. The summed E-state index contributed by atoms with van der Waals surface area (Å²) < 4.78 is 0. The molecule has 208 valence electrons. The maximum atomic E-state index is 12.9. The van der Waals surface area contributed by atoms with Crippen LogP contribution in [0.5, 0.6) is 0 Å². The molecule has 0 heterocycles. The first-order valence-corrected chi connectivity index (χ1v) is 10.8. The number of hydrogen-bond donors (Lipinski definition) is 10. The molecule has 0 aliphatic rings. The Morgan fingerprint density at radius 1 is 0.703 bits per heavy atom. The second kappa shape index (κ2) is 16.2. The van der Waals surface area contributed by atoms with Crippen molar-refractivity contribution in [1.29, 1.82) is 0 Å². The number of carbonyl (C=O) groups is 7. The van der Waals surface area contributed by atoms with Crippen LogP contribution >= 0.6 is 0 Å². The fraction of sp³-hybridized carbons (Fsp3) is 0.579. The number of rotatable bonds is 18. The van der Waals surface area contributed by atoms with Crippen molar-refractivity contribution in [1.82, 2.24) is 16.0 Å². The van der Waals surface area contributed by atoms with Crippen LogP contribution in [0.1, 0.15) is 38.5 Å². The molecule has 4 amide bonds. The van der Waals surface area contributed by atoms with E-state index in [2.05, 4.69) is 15.6 Å². The number of nitrogens with one attached hydrogen (secondary N) is 3. The number of primary amides is 1. The van der Waals surface area contributed by atoms with Gasteiger partial charge in [0.05, 0.1) is 18.9 Å². The number of carboxylic acid groups (broad SMARTS) is 3. The van der Waals surface area contributed by atoms with Crippen LogP contribution in [0.3, 0.4) is 0 Å². The van der Waals surface area contributed by atoms with Crippen LogP contribution in [0.25, 0.3) is 0 Å². The minimum absolute atomic E-state index is 0.0493. The van der Waals surface area contributed by atoms with Crippen LogP contribution < -0.4 is 38.9 Å². The van der Waals surface area contributed by atoms with E-state index in [0.29, 0.717) is 0 Å². The molecule has 0 spiro atoms. The molecule has 0 aromatic rings. The highest BCUT2D eigenvalue weighted by Crippen LogP contribution is 2.04. The molecule has 0 fully saturated rings. The van der Waals surface area contributed by atoms with E-state index in [4.69, 9.17) is 38.3 Å². The molecule has 0 bridgehead atoms. The summed E-state index contributed by atoms with van der Waals surface area (Å²) in [5.41, 5.74) is 21.2. The minimum Gasteiger partial charge on any atom is -0.481 e. The molecule has 0 aromatic carbocycles. The molecule has 0 saturated carbocycles. The summed E-state index contributed by atoms with van der Waals surface area (Å²) in [4.78, 5) is 85.8. The zero-order valence-corrected chi connectivity index (χ0v) is 19.7. The number of carbonyl (C=O) groups excluding carboxylic acids is 4. The molecule has 0 aliphatic carbocycles. The average Bonchev–Trinajstić information content (AvgIpc) is 2.77. The van der Waals surface area contributed by atoms with Crippen molar-refractivity contribution in [3.8, 4) is 0 Å². The van der Waals surface area contributed by atoms with Crippen LogP contribution in [0.2, 0.25) is 0 Å². The van der Waals surface area contributed by atoms with Crippen molar-refractivity contribution in [2.24, 2.45) is 27.9 Å². The maximum absolute atomic E-state index is 12.9. The summed E-state index contributed by atoms with van der Waals surface area (Å²) in [5.74, 6) is -8.81. The lowest BCUT2D eigenvalue weighted by Crippen LogP contribution is -2.58. The molecule has 18 nitrogen and oxygen atoms in total. The summed E-state index contributed by atoms with van der Waals surface area (Å²) in [5, 5.41) is 33.0. The SMILES string of the molecule is NC(=O)CC(NC(=O)C(CCCN=C(N)N)NC(=O)C(N)CCC(=O)O)C(=O)NC(CC(=O)O)C(=O)O. The summed E-state index contributed by atoms with van der Waals surface area (Å²) in [6.07, 6.45) is -2.39. The molecule has 4 unspecified atom stereocenters. The Morgan fingerprint density at radius 2 is 1.24 bits per heavy atom. The molecule has 14 N–H and O–H groups in total. The van der Waals surface area contributed by atoms with Gasteiger partial charge in [-0.2, -0.15) is 0 Å². The first-order chi connectivity index (χ1) is 17.1. The quantitative estimate of drug-likeness (QED) is 0.0450. The highest BCUT2D eigenvalue weighted by Gasteiger charge is 2.32. The summed E-state index contributed by atoms with van der Waals surface area (Å²) in [6, 6.07) is -6.26. The van der Waals surface area contributed by atoms with Gasteiger partial charge in [-0.3, -0.25) is 33.8 Å². The molecule has 0 saturated heterocycles. The van der Waals surface area contributed by atoms with Gasteiger partial charge in [-0.1, -0.05) is 0 Å². The van der Waals surface area contributed by atoms with Gasteiger partial charge >= 0.3 is 17.9 Å². The van der Waals surface area contributed by atoms with Crippen LogP contribution in [-0.2, 0) is 33.6 Å². The van der Waals surface area contributed by atoms with Gasteiger partial charge in [0, 0.05) is 13.0 Å². The monoisotopic (exact) mass is 532 g/mol. The van der Waals surface area contributed by atoms with Gasteiger partial charge in [-0.25, -0.2) is 4.79 Å². The molecular weight excluding hydrogens is 500 g/mol. The lowest BCUT2D eigenvalue weighted by atomic mass is 10.1. The lowest BCUT2D eigenvalue weighted by molar-refractivity contribution is -0.147. The van der Waals surface area contributed by atoms with E-state index >= 15 is 0 Å². The first-order valence-electron chi connectivity index (χ1n) is 10.8. The van der Waals surface area contributed by atoms with Crippen LogP contribution in [0, 0.1) is 0 Å². The van der Waals surface area contributed by atoms with Gasteiger partial charge < -0.3 is 54.2 Å². The third kappa shape index (κ3) is 14.5. The Bertz CT molecular complexity index is 905. The van der Waals surface area contributed by atoms with Crippen LogP contribution in [-0.4, -0.2) is 93.5 Å². The zero-order chi connectivity index (χ0) is 28.7. The second-order valence-corrected chi connectivity index (χ2v) is 7.78. The number of nitrogens with zero attached hydrogens (tertiary/aromatic N) is 1. The fourth-order valence-corrected chi connectivity index (χ4v) is 2.79. The van der Waals surface area contributed by atoms with E-state index in [1.165, 1.54) is 0 Å². The van der Waals surface area contributed by atoms with Gasteiger partial charge in [0.25, 0.3) is 0 Å². The number of aliphatic carboxylic acids is 3. The smallest absolute Gasteiger partial charge is 0.326 e. The fourth-order valence-electron chi connectivity index (χ4n) is 2.79. The number of amides is 4. The highest BCUT2D eigenvalue weighted by molar-refractivity contribution is 5.96. The first kappa shape index (κ1) is 32.5. The summed E-state index contributed by atoms with van der Waals surface area (Å²) in [7, 11) is 0. The van der Waals surface area contributed by atoms with E-state index in [0.717, 1.165) is 0 Å². The summed E-state index contributed by atoms with van der Waals surface area (Å²) in [6.45, 7) is 0.0493. The predicted molar refractivity (Wildman–Crippen MR) is 124 cm³/mol. The third-order valence-corrected chi connectivity index (χ3v) is 4.62. The van der Waals surface area contributed by atoms with Gasteiger partial charge in [-0.05, 0) is 19.3 Å². The molecular formula is C19H32N8O10. The lowest BCUT2D eigenvalue weighted by Gasteiger charge is -2.24. The standard InChI is InChI=1S/C19H32N8O10/c20-8(3-4-13(29)30)15(33)25-9(2-1-5-24-19(22)23)16(34)26-10(6-12(21)28)17(35)27-11(18(36)37)7-14(31)32/h8-11H,1-7,20H2,(H2,21,28)(H,25,33)(H,26,34)(H,27,35)(H,29,30)(H,31,32)(H,36,37)(H4,22,23,24). The number of hydrogen-bond acceptors (Lipinski definition) is 9. The molecule has 0 radical (unpaired) electrons. The Labute approximate surface area is 210 Å². The Morgan fingerprint density at radius 3 is 1.73 bits per heavy atom. The van der Waals surface area contributed by atoms with Gasteiger partial charge in [0.2, 0.25) is 23.6 Å². The van der Waals surface area contributed by atoms with Crippen molar-refractivity contribution in [3.05, 3.63) is 0 Å². The van der Waals surface area contributed by atoms with E-state index in [-0.39, 0.29) is 31.8 Å². The minimum atomic E-state index is -1.88.